The van der Waals surface area contributed by atoms with E-state index in [0.29, 0.717) is 11.2 Å². The minimum Gasteiger partial charge on any atom is -0.324 e. The zero-order chi connectivity index (χ0) is 13.4. The molecule has 1 aromatic heterocycles. The number of aromatic amines is 1. The number of fused-ring (bicyclic) bond motifs is 1. The summed E-state index contributed by atoms with van der Waals surface area (Å²) in [4.78, 5) is 13.2. The number of para-hydroxylation sites is 1. The van der Waals surface area contributed by atoms with E-state index in [4.69, 9.17) is 12.2 Å². The van der Waals surface area contributed by atoms with Gasteiger partial charge in [-0.05, 0) is 24.4 Å². The van der Waals surface area contributed by atoms with Crippen LogP contribution in [0.25, 0.3) is 0 Å². The van der Waals surface area contributed by atoms with Crippen molar-refractivity contribution in [1.29, 1.82) is 0 Å². The number of aromatic nitrogens is 3. The number of hydrogen-bond acceptors (Lipinski definition) is 4. The predicted octanol–water partition coefficient (Wildman–Crippen LogP) is 2.13. The molecule has 1 unspecified atom stereocenters. The molecular formula is C12H12N4OS2. The highest BCUT2D eigenvalue weighted by Crippen LogP contribution is 2.36. The minimum absolute atomic E-state index is 0.0117. The second-order valence-electron chi connectivity index (χ2n) is 4.30. The van der Waals surface area contributed by atoms with E-state index in [1.807, 2.05) is 31.3 Å². The number of thioether (sulfide) groups is 1. The van der Waals surface area contributed by atoms with Crippen molar-refractivity contribution in [1.82, 2.24) is 14.8 Å². The summed E-state index contributed by atoms with van der Waals surface area (Å²) in [6.45, 7) is 0. The van der Waals surface area contributed by atoms with Crippen LogP contribution in [0.4, 0.5) is 5.69 Å². The van der Waals surface area contributed by atoms with E-state index in [-0.39, 0.29) is 11.2 Å². The van der Waals surface area contributed by atoms with Crippen LogP contribution in [0.1, 0.15) is 5.82 Å². The molecule has 5 nitrogen and oxygen atoms in total. The van der Waals surface area contributed by atoms with Crippen molar-refractivity contribution < 1.29 is 4.79 Å². The molecule has 1 amide bonds. The summed E-state index contributed by atoms with van der Waals surface area (Å²) in [5, 5.41) is 9.63. The number of anilines is 1. The summed E-state index contributed by atoms with van der Waals surface area (Å²) >= 11 is 6.64. The van der Waals surface area contributed by atoms with Gasteiger partial charge in [-0.2, -0.15) is 5.10 Å². The molecule has 2 N–H and O–H groups in total. The van der Waals surface area contributed by atoms with Gasteiger partial charge in [0, 0.05) is 18.4 Å². The smallest absolute Gasteiger partial charge is 0.238 e. The molecule has 2 aromatic rings. The Hall–Kier alpha value is -1.60. The summed E-state index contributed by atoms with van der Waals surface area (Å²) < 4.78 is 2.36. The zero-order valence-electron chi connectivity index (χ0n) is 10.2. The largest absolute Gasteiger partial charge is 0.324 e. The van der Waals surface area contributed by atoms with E-state index in [2.05, 4.69) is 15.5 Å². The van der Waals surface area contributed by atoms with E-state index in [0.717, 1.165) is 16.4 Å². The van der Waals surface area contributed by atoms with Crippen LogP contribution in [-0.2, 0) is 18.3 Å². The second kappa shape index (κ2) is 4.82. The van der Waals surface area contributed by atoms with Crippen molar-refractivity contribution >= 4 is 35.6 Å². The Morgan fingerprint density at radius 2 is 2.26 bits per heavy atom. The number of H-pyrrole nitrogens is 1. The molecule has 1 aliphatic heterocycles. The Morgan fingerprint density at radius 1 is 1.47 bits per heavy atom. The molecule has 7 heteroatoms. The number of carbonyl (C=O) groups is 1. The zero-order valence-corrected chi connectivity index (χ0v) is 11.8. The van der Waals surface area contributed by atoms with Crippen LogP contribution in [0, 0.1) is 4.77 Å². The lowest BCUT2D eigenvalue weighted by Crippen LogP contribution is -2.31. The molecule has 0 saturated heterocycles. The van der Waals surface area contributed by atoms with Gasteiger partial charge < -0.3 is 9.88 Å². The maximum atomic E-state index is 12.1. The first-order valence-corrected chi connectivity index (χ1v) is 7.11. The predicted molar refractivity (Wildman–Crippen MR) is 76.8 cm³/mol. The average molecular weight is 292 g/mol. The third kappa shape index (κ3) is 2.31. The van der Waals surface area contributed by atoms with Crippen molar-refractivity contribution in [3.05, 3.63) is 34.9 Å². The second-order valence-corrected chi connectivity index (χ2v) is 5.93. The van der Waals surface area contributed by atoms with Gasteiger partial charge in [-0.25, -0.2) is 0 Å². The molecule has 0 radical (unpaired) electrons. The number of carbonyl (C=O) groups excluding carboxylic acids is 1. The van der Waals surface area contributed by atoms with E-state index < -0.39 is 0 Å². The summed E-state index contributed by atoms with van der Waals surface area (Å²) in [5.41, 5.74) is 0.879. The van der Waals surface area contributed by atoms with E-state index in [9.17, 15) is 4.79 Å². The summed E-state index contributed by atoms with van der Waals surface area (Å²) in [6.07, 6.45) is 0.550. The van der Waals surface area contributed by atoms with Gasteiger partial charge in [-0.3, -0.25) is 9.89 Å². The van der Waals surface area contributed by atoms with E-state index >= 15 is 0 Å². The summed E-state index contributed by atoms with van der Waals surface area (Å²) in [5.74, 6) is 0.801. The standard InChI is InChI=1S/C12H12N4OS2/c1-16-10(14-15-12(16)18)6-9-11(17)13-7-4-2-3-5-8(7)19-9/h2-5,9H,6H2,1H3,(H,13,17)(H,15,18). The average Bonchev–Trinajstić information content (AvgIpc) is 2.71. The Morgan fingerprint density at radius 3 is 3.00 bits per heavy atom. The fourth-order valence-electron chi connectivity index (χ4n) is 1.96. The van der Waals surface area contributed by atoms with Crippen LogP contribution >= 0.6 is 24.0 Å². The topological polar surface area (TPSA) is 62.7 Å². The van der Waals surface area contributed by atoms with Gasteiger partial charge in [0.15, 0.2) is 4.77 Å². The van der Waals surface area contributed by atoms with Gasteiger partial charge in [0.2, 0.25) is 5.91 Å². The number of hydrogen-bond donors (Lipinski definition) is 2. The molecule has 19 heavy (non-hydrogen) atoms. The molecule has 98 valence electrons. The summed E-state index contributed by atoms with van der Waals surface area (Å²) in [6, 6.07) is 7.80. The molecule has 1 aliphatic rings. The van der Waals surface area contributed by atoms with Crippen molar-refractivity contribution in [2.45, 2.75) is 16.6 Å². The fourth-order valence-corrected chi connectivity index (χ4v) is 3.21. The molecule has 0 spiro atoms. The van der Waals surface area contributed by atoms with Crippen LogP contribution in [0.3, 0.4) is 0 Å². The fraction of sp³-hybridized carbons (Fsp3) is 0.250. The Labute approximate surface area is 119 Å². The third-order valence-corrected chi connectivity index (χ3v) is 4.69. The molecule has 1 atom stereocenters. The van der Waals surface area contributed by atoms with Crippen molar-refractivity contribution in [2.75, 3.05) is 5.32 Å². The van der Waals surface area contributed by atoms with Gasteiger partial charge in [-0.1, -0.05) is 12.1 Å². The Bertz CT molecular complexity index is 691. The molecule has 0 bridgehead atoms. The normalized spacial score (nSPS) is 17.9. The van der Waals surface area contributed by atoms with Crippen LogP contribution in [0.5, 0.6) is 0 Å². The third-order valence-electron chi connectivity index (χ3n) is 3.05. The quantitative estimate of drug-likeness (QED) is 0.832. The summed E-state index contributed by atoms with van der Waals surface area (Å²) in [7, 11) is 1.85. The number of amides is 1. The highest BCUT2D eigenvalue weighted by molar-refractivity contribution is 8.01. The maximum absolute atomic E-state index is 12.1. The molecule has 0 fully saturated rings. The lowest BCUT2D eigenvalue weighted by molar-refractivity contribution is -0.115. The SMILES string of the molecule is Cn1c(CC2Sc3ccccc3NC2=O)n[nH]c1=S. The van der Waals surface area contributed by atoms with Gasteiger partial charge in [0.1, 0.15) is 5.82 Å². The molecule has 0 aliphatic carbocycles. The molecule has 3 rings (SSSR count). The lowest BCUT2D eigenvalue weighted by atomic mass is 10.2. The highest BCUT2D eigenvalue weighted by atomic mass is 32.2. The Kier molecular flexibility index (Phi) is 3.16. The number of rotatable bonds is 2. The molecular weight excluding hydrogens is 280 g/mol. The number of nitrogens with zero attached hydrogens (tertiary/aromatic N) is 2. The van der Waals surface area contributed by atoms with Crippen LogP contribution < -0.4 is 5.32 Å². The number of nitrogens with one attached hydrogen (secondary N) is 2. The molecule has 1 aromatic carbocycles. The molecule has 0 saturated carbocycles. The lowest BCUT2D eigenvalue weighted by Gasteiger charge is -2.23. The Balaban J connectivity index is 1.85. The maximum Gasteiger partial charge on any atom is 0.238 e. The number of benzene rings is 1. The monoisotopic (exact) mass is 292 g/mol. The van der Waals surface area contributed by atoms with Crippen LogP contribution in [-0.4, -0.2) is 25.9 Å². The van der Waals surface area contributed by atoms with Crippen LogP contribution in [0.2, 0.25) is 0 Å². The van der Waals surface area contributed by atoms with Gasteiger partial charge in [-0.15, -0.1) is 11.8 Å². The van der Waals surface area contributed by atoms with Crippen molar-refractivity contribution in [3.63, 3.8) is 0 Å². The van der Waals surface area contributed by atoms with Crippen molar-refractivity contribution in [3.8, 4) is 0 Å². The first-order chi connectivity index (χ1) is 9.15. The van der Waals surface area contributed by atoms with Crippen molar-refractivity contribution in [2.24, 2.45) is 7.05 Å². The molecule has 2 heterocycles. The van der Waals surface area contributed by atoms with Gasteiger partial charge in [0.25, 0.3) is 0 Å². The van der Waals surface area contributed by atoms with E-state index in [1.165, 1.54) is 0 Å². The first-order valence-electron chi connectivity index (χ1n) is 5.82. The van der Waals surface area contributed by atoms with E-state index in [1.54, 1.807) is 16.3 Å². The van der Waals surface area contributed by atoms with Gasteiger partial charge >= 0.3 is 0 Å². The highest BCUT2D eigenvalue weighted by Gasteiger charge is 2.28. The minimum atomic E-state index is -0.182. The van der Waals surface area contributed by atoms with Gasteiger partial charge in [0.05, 0.1) is 10.9 Å². The first kappa shape index (κ1) is 12.4. The van der Waals surface area contributed by atoms with Crippen LogP contribution in [0.15, 0.2) is 29.2 Å².